The molecule has 1 aliphatic carbocycles. The van der Waals surface area contributed by atoms with Crippen molar-refractivity contribution in [3.05, 3.63) is 22.2 Å². The van der Waals surface area contributed by atoms with Crippen LogP contribution in [0.25, 0.3) is 0 Å². The number of halogens is 1. The molecule has 1 aromatic rings. The van der Waals surface area contributed by atoms with Crippen LogP contribution in [0.5, 0.6) is 11.5 Å². The summed E-state index contributed by atoms with van der Waals surface area (Å²) in [5.74, 6) is 1.47. The van der Waals surface area contributed by atoms with Gasteiger partial charge in [0.1, 0.15) is 0 Å². The molecule has 0 bridgehead atoms. The molecule has 0 heterocycles. The lowest BCUT2D eigenvalue weighted by molar-refractivity contribution is 0.336. The van der Waals surface area contributed by atoms with Crippen molar-refractivity contribution in [2.45, 2.75) is 58.0 Å². The fourth-order valence-corrected chi connectivity index (χ4v) is 3.63. The number of nitrogens with one attached hydrogen (secondary N) is 1. The second-order valence-corrected chi connectivity index (χ2v) is 6.90. The summed E-state index contributed by atoms with van der Waals surface area (Å²) in [6.07, 6.45) is 8.22. The Balaban J connectivity index is 1.94. The zero-order valence-corrected chi connectivity index (χ0v) is 14.6. The molecular weight excluding hydrogens is 330 g/mol. The first-order chi connectivity index (χ1) is 10.1. The monoisotopic (exact) mass is 355 g/mol. The number of phenolic OH excluding ortho intramolecular Hbond substituents is 1. The highest BCUT2D eigenvalue weighted by Crippen LogP contribution is 2.35. The van der Waals surface area contributed by atoms with Crippen LogP contribution in [0.4, 0.5) is 0 Å². The lowest BCUT2D eigenvalue weighted by Crippen LogP contribution is -2.32. The number of phenols is 1. The molecule has 3 nitrogen and oxygen atoms in total. The predicted octanol–water partition coefficient (Wildman–Crippen LogP) is 4.61. The van der Waals surface area contributed by atoms with Crippen LogP contribution in [-0.4, -0.2) is 18.3 Å². The first-order valence-electron chi connectivity index (χ1n) is 7.90. The van der Waals surface area contributed by atoms with Gasteiger partial charge < -0.3 is 15.2 Å². The third kappa shape index (κ3) is 4.62. The van der Waals surface area contributed by atoms with E-state index in [0.717, 1.165) is 18.0 Å². The van der Waals surface area contributed by atoms with Gasteiger partial charge in [-0.3, -0.25) is 0 Å². The van der Waals surface area contributed by atoms with Gasteiger partial charge >= 0.3 is 0 Å². The van der Waals surface area contributed by atoms with Gasteiger partial charge in [0.05, 0.1) is 11.6 Å². The standard InChI is InChI=1S/C17H26BrNO2/c1-12(14-7-5-3-4-6-8-14)19-11-13-9-15(18)17(20)16(10-13)21-2/h9-10,12,14,19-20H,3-8,11H2,1-2H3/t12-/m0/s1. The summed E-state index contributed by atoms with van der Waals surface area (Å²) >= 11 is 3.37. The van der Waals surface area contributed by atoms with Crippen LogP contribution in [0.3, 0.4) is 0 Å². The molecule has 0 aliphatic heterocycles. The SMILES string of the molecule is COc1cc(CN[C@@H](C)C2CCCCCC2)cc(Br)c1O. The van der Waals surface area contributed by atoms with Crippen molar-refractivity contribution in [3.63, 3.8) is 0 Å². The van der Waals surface area contributed by atoms with Gasteiger partial charge in [-0.1, -0.05) is 25.7 Å². The van der Waals surface area contributed by atoms with Crippen LogP contribution in [0.2, 0.25) is 0 Å². The van der Waals surface area contributed by atoms with Crippen molar-refractivity contribution in [2.75, 3.05) is 7.11 Å². The van der Waals surface area contributed by atoms with Gasteiger partial charge in [0, 0.05) is 12.6 Å². The Morgan fingerprint density at radius 1 is 1.29 bits per heavy atom. The average Bonchev–Trinajstić information content (AvgIpc) is 2.77. The smallest absolute Gasteiger partial charge is 0.172 e. The van der Waals surface area contributed by atoms with Gasteiger partial charge in [-0.2, -0.15) is 0 Å². The molecule has 1 aromatic carbocycles. The van der Waals surface area contributed by atoms with Gasteiger partial charge in [-0.15, -0.1) is 0 Å². The van der Waals surface area contributed by atoms with Crippen molar-refractivity contribution in [3.8, 4) is 11.5 Å². The molecule has 0 amide bonds. The van der Waals surface area contributed by atoms with Crippen LogP contribution in [0.15, 0.2) is 16.6 Å². The van der Waals surface area contributed by atoms with Crippen LogP contribution >= 0.6 is 15.9 Å². The summed E-state index contributed by atoms with van der Waals surface area (Å²) in [7, 11) is 1.58. The van der Waals surface area contributed by atoms with Gasteiger partial charge in [0.2, 0.25) is 0 Å². The molecular formula is C17H26BrNO2. The maximum atomic E-state index is 9.84. The van der Waals surface area contributed by atoms with Gasteiger partial charge in [0.25, 0.3) is 0 Å². The molecule has 1 saturated carbocycles. The number of benzene rings is 1. The second-order valence-electron chi connectivity index (χ2n) is 6.05. The van der Waals surface area contributed by atoms with E-state index in [-0.39, 0.29) is 5.75 Å². The highest BCUT2D eigenvalue weighted by Gasteiger charge is 2.18. The van der Waals surface area contributed by atoms with Crippen LogP contribution in [-0.2, 0) is 6.54 Å². The third-order valence-corrected chi connectivity index (χ3v) is 5.15. The van der Waals surface area contributed by atoms with Gasteiger partial charge in [-0.25, -0.2) is 0 Å². The molecule has 1 fully saturated rings. The van der Waals surface area contributed by atoms with E-state index in [1.165, 1.54) is 38.5 Å². The van der Waals surface area contributed by atoms with E-state index in [0.29, 0.717) is 16.3 Å². The van der Waals surface area contributed by atoms with E-state index >= 15 is 0 Å². The number of methoxy groups -OCH3 is 1. The van der Waals surface area contributed by atoms with Crippen LogP contribution < -0.4 is 10.1 Å². The Kier molecular flexibility index (Phi) is 6.37. The highest BCUT2D eigenvalue weighted by molar-refractivity contribution is 9.10. The van der Waals surface area contributed by atoms with Crippen molar-refractivity contribution in [1.82, 2.24) is 5.32 Å². The first-order valence-corrected chi connectivity index (χ1v) is 8.70. The minimum absolute atomic E-state index is 0.165. The Hall–Kier alpha value is -0.740. The van der Waals surface area contributed by atoms with E-state index < -0.39 is 0 Å². The molecule has 2 N–H and O–H groups in total. The topological polar surface area (TPSA) is 41.5 Å². The molecule has 0 saturated heterocycles. The molecule has 118 valence electrons. The second kappa shape index (κ2) is 8.04. The minimum atomic E-state index is 0.165. The summed E-state index contributed by atoms with van der Waals surface area (Å²) in [4.78, 5) is 0. The average molecular weight is 356 g/mol. The van der Waals surface area contributed by atoms with E-state index in [4.69, 9.17) is 4.74 Å². The van der Waals surface area contributed by atoms with Crippen molar-refractivity contribution in [2.24, 2.45) is 5.92 Å². The lowest BCUT2D eigenvalue weighted by atomic mass is 9.93. The zero-order valence-electron chi connectivity index (χ0n) is 13.0. The van der Waals surface area contributed by atoms with E-state index in [9.17, 15) is 5.11 Å². The normalized spacial score (nSPS) is 18.2. The summed E-state index contributed by atoms with van der Waals surface area (Å²) in [6.45, 7) is 3.09. The molecule has 0 aromatic heterocycles. The maximum absolute atomic E-state index is 9.84. The number of rotatable bonds is 5. The Morgan fingerprint density at radius 2 is 1.95 bits per heavy atom. The van der Waals surface area contributed by atoms with Crippen LogP contribution in [0, 0.1) is 5.92 Å². The fourth-order valence-electron chi connectivity index (χ4n) is 3.14. The molecule has 4 heteroatoms. The zero-order chi connectivity index (χ0) is 15.2. The van der Waals surface area contributed by atoms with E-state index in [1.807, 2.05) is 12.1 Å². The molecule has 0 spiro atoms. The fraction of sp³-hybridized carbons (Fsp3) is 0.647. The van der Waals surface area contributed by atoms with Crippen molar-refractivity contribution >= 4 is 15.9 Å². The Labute approximate surface area is 136 Å². The predicted molar refractivity (Wildman–Crippen MR) is 89.9 cm³/mol. The summed E-state index contributed by atoms with van der Waals surface area (Å²) in [5, 5.41) is 13.5. The quantitative estimate of drug-likeness (QED) is 0.757. The summed E-state index contributed by atoms with van der Waals surface area (Å²) < 4.78 is 5.88. The van der Waals surface area contributed by atoms with Gasteiger partial charge in [-0.05, 0) is 59.3 Å². The molecule has 21 heavy (non-hydrogen) atoms. The highest BCUT2D eigenvalue weighted by atomic mass is 79.9. The largest absolute Gasteiger partial charge is 0.503 e. The van der Waals surface area contributed by atoms with E-state index in [2.05, 4.69) is 28.2 Å². The number of hydrogen-bond donors (Lipinski definition) is 2. The van der Waals surface area contributed by atoms with Crippen molar-refractivity contribution in [1.29, 1.82) is 0 Å². The molecule has 0 unspecified atom stereocenters. The molecule has 1 atom stereocenters. The van der Waals surface area contributed by atoms with Crippen molar-refractivity contribution < 1.29 is 9.84 Å². The maximum Gasteiger partial charge on any atom is 0.172 e. The molecule has 0 radical (unpaired) electrons. The Bertz CT molecular complexity index is 456. The Morgan fingerprint density at radius 3 is 2.57 bits per heavy atom. The minimum Gasteiger partial charge on any atom is -0.503 e. The van der Waals surface area contributed by atoms with E-state index in [1.54, 1.807) is 7.11 Å². The van der Waals surface area contributed by atoms with Crippen LogP contribution in [0.1, 0.15) is 51.0 Å². The number of hydrogen-bond acceptors (Lipinski definition) is 3. The molecule has 1 aliphatic rings. The summed E-state index contributed by atoms with van der Waals surface area (Å²) in [5.41, 5.74) is 1.12. The molecule has 2 rings (SSSR count). The number of aromatic hydroxyl groups is 1. The summed E-state index contributed by atoms with van der Waals surface area (Å²) in [6, 6.07) is 4.37. The number of ether oxygens (including phenoxy) is 1. The third-order valence-electron chi connectivity index (χ3n) is 4.54. The van der Waals surface area contributed by atoms with Gasteiger partial charge in [0.15, 0.2) is 11.5 Å². The lowest BCUT2D eigenvalue weighted by Gasteiger charge is -2.24. The first kappa shape index (κ1) is 16.6.